The summed E-state index contributed by atoms with van der Waals surface area (Å²) < 4.78 is 13.2. The number of hydrogen-bond donors (Lipinski definition) is 1. The Morgan fingerprint density at radius 1 is 1.31 bits per heavy atom. The Bertz CT molecular complexity index is 516. The van der Waals surface area contributed by atoms with E-state index >= 15 is 0 Å². The van der Waals surface area contributed by atoms with Gasteiger partial charge in [-0.1, -0.05) is 11.6 Å². The van der Waals surface area contributed by atoms with E-state index < -0.39 is 11.4 Å². The maximum absolute atomic E-state index is 13.2. The van der Waals surface area contributed by atoms with Gasteiger partial charge in [-0.25, -0.2) is 4.39 Å². The van der Waals surface area contributed by atoms with Crippen LogP contribution in [0, 0.1) is 12.7 Å². The lowest BCUT2D eigenvalue weighted by atomic mass is 10.1. The first-order valence-electron chi connectivity index (χ1n) is 3.96. The van der Waals surface area contributed by atoms with Crippen molar-refractivity contribution < 1.29 is 4.39 Å². The maximum Gasteiger partial charge on any atom is 0.251 e. The summed E-state index contributed by atoms with van der Waals surface area (Å²) in [5.41, 5.74) is 1.10. The smallest absolute Gasteiger partial charge is 0.251 e. The first-order chi connectivity index (χ1) is 6.16. The number of nitrogens with one attached hydrogen (secondary N) is 1. The van der Waals surface area contributed by atoms with Crippen LogP contribution in [-0.4, -0.2) is 4.98 Å². The molecule has 0 bridgehead atoms. The molecule has 2 rings (SSSR count). The van der Waals surface area contributed by atoms with Gasteiger partial charge in [0.05, 0.1) is 5.52 Å². The Morgan fingerprint density at radius 3 is 2.85 bits per heavy atom. The first-order valence-corrected chi connectivity index (χ1v) is 3.96. The molecule has 0 fully saturated rings. The minimum Gasteiger partial charge on any atom is -0.322 e. The zero-order chi connectivity index (χ0) is 9.42. The van der Waals surface area contributed by atoms with Crippen LogP contribution < -0.4 is 5.56 Å². The zero-order valence-electron chi connectivity index (χ0n) is 7.10. The second-order valence-electron chi connectivity index (χ2n) is 3.03. The molecule has 1 N–H and O–H groups in total. The van der Waals surface area contributed by atoms with Gasteiger partial charge in [0, 0.05) is 11.5 Å². The van der Waals surface area contributed by atoms with Crippen molar-refractivity contribution in [2.24, 2.45) is 0 Å². The van der Waals surface area contributed by atoms with Crippen molar-refractivity contribution in [2.45, 2.75) is 6.92 Å². The van der Waals surface area contributed by atoms with Crippen LogP contribution in [0.2, 0.25) is 0 Å². The molecule has 1 heterocycles. The van der Waals surface area contributed by atoms with E-state index in [2.05, 4.69) is 4.98 Å². The normalized spacial score (nSPS) is 10.6. The summed E-state index contributed by atoms with van der Waals surface area (Å²) in [5, 5.41) is 0.458. The minimum atomic E-state index is -0.470. The first kappa shape index (κ1) is 7.98. The Morgan fingerprint density at radius 2 is 2.08 bits per heavy atom. The molecule has 0 saturated carbocycles. The molecule has 2 nitrogen and oxygen atoms in total. The van der Waals surface area contributed by atoms with Gasteiger partial charge in [-0.3, -0.25) is 4.79 Å². The van der Waals surface area contributed by atoms with Gasteiger partial charge in [-0.05, 0) is 19.1 Å². The van der Waals surface area contributed by atoms with Crippen molar-refractivity contribution >= 4 is 10.9 Å². The summed E-state index contributed by atoms with van der Waals surface area (Å²) in [7, 11) is 0. The molecule has 0 aliphatic heterocycles. The Labute approximate surface area is 74.0 Å². The fourth-order valence-electron chi connectivity index (χ4n) is 1.33. The molecule has 1 aromatic carbocycles. The van der Waals surface area contributed by atoms with E-state index in [1.54, 1.807) is 12.1 Å². The summed E-state index contributed by atoms with van der Waals surface area (Å²) in [4.78, 5) is 13.5. The molecular weight excluding hydrogens is 169 g/mol. The zero-order valence-corrected chi connectivity index (χ0v) is 7.10. The van der Waals surface area contributed by atoms with Gasteiger partial charge in [-0.15, -0.1) is 0 Å². The van der Waals surface area contributed by atoms with E-state index in [4.69, 9.17) is 0 Å². The Kier molecular flexibility index (Phi) is 1.65. The van der Waals surface area contributed by atoms with Gasteiger partial charge >= 0.3 is 0 Å². The quantitative estimate of drug-likeness (QED) is 0.655. The number of aromatic nitrogens is 1. The lowest BCUT2D eigenvalue weighted by Gasteiger charge is -1.99. The second kappa shape index (κ2) is 2.69. The average Bonchev–Trinajstić information content (AvgIpc) is 2.06. The SMILES string of the molecule is Cc1ccc2[nH]c(=O)cc(F)c2c1. The molecule has 0 unspecified atom stereocenters. The summed E-state index contributed by atoms with van der Waals surface area (Å²) in [6.45, 7) is 1.88. The number of rotatable bonds is 0. The number of fused-ring (bicyclic) bond motifs is 1. The Balaban J connectivity index is 2.95. The Hall–Kier alpha value is -1.64. The van der Waals surface area contributed by atoms with Crippen LogP contribution in [0.3, 0.4) is 0 Å². The molecule has 13 heavy (non-hydrogen) atoms. The third-order valence-electron chi connectivity index (χ3n) is 1.95. The molecule has 0 aliphatic carbocycles. The molecule has 0 amide bonds. The third kappa shape index (κ3) is 1.33. The molecule has 0 aliphatic rings. The van der Waals surface area contributed by atoms with Crippen molar-refractivity contribution in [3.63, 3.8) is 0 Å². The standard InChI is InChI=1S/C10H8FNO/c1-6-2-3-9-7(4-6)8(11)5-10(13)12-9/h2-5H,1H3,(H,12,13). The molecule has 1 aromatic heterocycles. The summed E-state index contributed by atoms with van der Waals surface area (Å²) in [6, 6.07) is 6.20. The number of aryl methyl sites for hydroxylation is 1. The molecule has 2 aromatic rings. The van der Waals surface area contributed by atoms with Crippen molar-refractivity contribution in [3.05, 3.63) is 46.0 Å². The van der Waals surface area contributed by atoms with Crippen LogP contribution in [0.5, 0.6) is 0 Å². The molecule has 0 spiro atoms. The average molecular weight is 177 g/mol. The molecule has 0 saturated heterocycles. The van der Waals surface area contributed by atoms with Gasteiger partial charge in [0.2, 0.25) is 0 Å². The van der Waals surface area contributed by atoms with Crippen LogP contribution in [0.25, 0.3) is 10.9 Å². The van der Waals surface area contributed by atoms with Crippen molar-refractivity contribution in [2.75, 3.05) is 0 Å². The van der Waals surface area contributed by atoms with Gasteiger partial charge in [0.15, 0.2) is 0 Å². The molecule has 66 valence electrons. The summed E-state index contributed by atoms with van der Waals surface area (Å²) in [5.74, 6) is -0.470. The predicted molar refractivity (Wildman–Crippen MR) is 49.3 cm³/mol. The number of halogens is 1. The summed E-state index contributed by atoms with van der Waals surface area (Å²) >= 11 is 0. The highest BCUT2D eigenvalue weighted by molar-refractivity contribution is 5.79. The second-order valence-corrected chi connectivity index (χ2v) is 3.03. The lowest BCUT2D eigenvalue weighted by Crippen LogP contribution is -2.05. The van der Waals surface area contributed by atoms with E-state index in [9.17, 15) is 9.18 Å². The van der Waals surface area contributed by atoms with Gasteiger partial charge in [0.1, 0.15) is 5.82 Å². The van der Waals surface area contributed by atoms with E-state index in [-0.39, 0.29) is 0 Å². The van der Waals surface area contributed by atoms with Crippen LogP contribution in [-0.2, 0) is 0 Å². The van der Waals surface area contributed by atoms with Crippen LogP contribution in [0.4, 0.5) is 4.39 Å². The molecule has 0 radical (unpaired) electrons. The monoisotopic (exact) mass is 177 g/mol. The lowest BCUT2D eigenvalue weighted by molar-refractivity contribution is 0.636. The number of benzene rings is 1. The van der Waals surface area contributed by atoms with Gasteiger partial charge in [0.25, 0.3) is 5.56 Å². The molecule has 0 atom stereocenters. The van der Waals surface area contributed by atoms with Gasteiger partial charge in [-0.2, -0.15) is 0 Å². The highest BCUT2D eigenvalue weighted by Gasteiger charge is 2.01. The van der Waals surface area contributed by atoms with E-state index in [1.165, 1.54) is 0 Å². The van der Waals surface area contributed by atoms with Crippen LogP contribution in [0.1, 0.15) is 5.56 Å². The highest BCUT2D eigenvalue weighted by Crippen LogP contribution is 2.14. The van der Waals surface area contributed by atoms with E-state index in [0.717, 1.165) is 11.6 Å². The molecule has 3 heteroatoms. The fourth-order valence-corrected chi connectivity index (χ4v) is 1.33. The van der Waals surface area contributed by atoms with Crippen LogP contribution >= 0.6 is 0 Å². The summed E-state index contributed by atoms with van der Waals surface area (Å²) in [6.07, 6.45) is 0. The number of hydrogen-bond acceptors (Lipinski definition) is 1. The van der Waals surface area contributed by atoms with Crippen molar-refractivity contribution in [1.29, 1.82) is 0 Å². The minimum absolute atomic E-state index is 0.408. The van der Waals surface area contributed by atoms with Crippen molar-refractivity contribution in [3.8, 4) is 0 Å². The topological polar surface area (TPSA) is 32.9 Å². The predicted octanol–water partition coefficient (Wildman–Crippen LogP) is 1.98. The molecular formula is C10H8FNO. The van der Waals surface area contributed by atoms with Crippen LogP contribution in [0.15, 0.2) is 29.1 Å². The maximum atomic E-state index is 13.2. The third-order valence-corrected chi connectivity index (χ3v) is 1.95. The number of pyridine rings is 1. The largest absolute Gasteiger partial charge is 0.322 e. The van der Waals surface area contributed by atoms with E-state index in [1.807, 2.05) is 13.0 Å². The number of aromatic amines is 1. The van der Waals surface area contributed by atoms with Crippen molar-refractivity contribution in [1.82, 2.24) is 4.98 Å². The van der Waals surface area contributed by atoms with E-state index in [0.29, 0.717) is 10.9 Å². The number of H-pyrrole nitrogens is 1. The highest BCUT2D eigenvalue weighted by atomic mass is 19.1. The fraction of sp³-hybridized carbons (Fsp3) is 0.100. The van der Waals surface area contributed by atoms with Gasteiger partial charge < -0.3 is 4.98 Å².